The van der Waals surface area contributed by atoms with Gasteiger partial charge in [0.25, 0.3) is 0 Å². The molecule has 0 atom stereocenters. The maximum absolute atomic E-state index is 9.83. The number of hydrogen-bond acceptors (Lipinski definition) is 2. The summed E-state index contributed by atoms with van der Waals surface area (Å²) in [6, 6.07) is 52.5. The fourth-order valence-corrected chi connectivity index (χ4v) is 8.06. The van der Waals surface area contributed by atoms with Crippen LogP contribution in [0.2, 0.25) is 0 Å². The molecule has 0 saturated heterocycles. The summed E-state index contributed by atoms with van der Waals surface area (Å²) in [6.45, 7) is 0. The van der Waals surface area contributed by atoms with Crippen LogP contribution in [-0.2, 0) is 0 Å². The van der Waals surface area contributed by atoms with Gasteiger partial charge in [0, 0.05) is 22.1 Å². The molecule has 1 aromatic heterocycles. The normalized spacial score (nSPS) is 13.4. The molecule has 0 saturated carbocycles. The van der Waals surface area contributed by atoms with E-state index in [1.54, 1.807) is 24.3 Å². The predicted octanol–water partition coefficient (Wildman–Crippen LogP) is 16.0. The number of furan rings is 1. The summed E-state index contributed by atoms with van der Waals surface area (Å²) in [7, 11) is 0. The topological polar surface area (TPSA) is 16.4 Å². The van der Waals surface area contributed by atoms with Crippen molar-refractivity contribution in [2.45, 2.75) is 0 Å². The van der Waals surface area contributed by atoms with E-state index >= 15 is 0 Å². The first-order valence-corrected chi connectivity index (χ1v) is 19.2. The van der Waals surface area contributed by atoms with Gasteiger partial charge in [-0.25, -0.2) is 0 Å². The second-order valence-corrected chi connectivity index (χ2v) is 14.2. The van der Waals surface area contributed by atoms with E-state index in [0.717, 1.165) is 43.8 Å². The van der Waals surface area contributed by atoms with Gasteiger partial charge in [-0.1, -0.05) is 176 Å². The van der Waals surface area contributed by atoms with Crippen molar-refractivity contribution in [2.24, 2.45) is 0 Å². The van der Waals surface area contributed by atoms with E-state index in [-0.39, 0.29) is 46.7 Å². The van der Waals surface area contributed by atoms with Crippen LogP contribution in [-0.4, -0.2) is 0 Å². The third kappa shape index (κ3) is 5.82. The molecule has 0 spiro atoms. The lowest BCUT2D eigenvalue weighted by Gasteiger charge is -2.27. The maximum atomic E-state index is 9.83. The molecule has 58 heavy (non-hydrogen) atoms. The first-order valence-electron chi connectivity index (χ1n) is 23.2. The SMILES string of the molecule is [2H]c1c([2H])c(N(c2c([2H])c([2H])c(-c3cccc4ccccc34)c([2H])c2[2H])c2cccc3oc4c5ccccc5ccc4c23)c([2H])c([2H])c1-c1ccc(-c2ccccc2)c(-c2ccccc2)c1. The lowest BCUT2D eigenvalue weighted by Crippen LogP contribution is -2.10. The Kier molecular flexibility index (Phi) is 6.38. The molecule has 2 nitrogen and oxygen atoms in total. The van der Waals surface area contributed by atoms with Gasteiger partial charge in [-0.3, -0.25) is 0 Å². The number of rotatable bonds is 7. The van der Waals surface area contributed by atoms with Crippen molar-refractivity contribution in [2.75, 3.05) is 4.90 Å². The molecular weight excluding hydrogens is 703 g/mol. The van der Waals surface area contributed by atoms with Crippen molar-refractivity contribution in [3.8, 4) is 44.5 Å². The van der Waals surface area contributed by atoms with E-state index in [1.165, 1.54) is 4.90 Å². The van der Waals surface area contributed by atoms with Gasteiger partial charge in [0.15, 0.2) is 0 Å². The van der Waals surface area contributed by atoms with Gasteiger partial charge in [0.1, 0.15) is 11.2 Å². The number of nitrogens with zero attached hydrogens (tertiary/aromatic N) is 1. The molecule has 0 aliphatic rings. The summed E-state index contributed by atoms with van der Waals surface area (Å²) in [4.78, 5) is 1.37. The van der Waals surface area contributed by atoms with E-state index < -0.39 is 24.2 Å². The van der Waals surface area contributed by atoms with Gasteiger partial charge in [0.2, 0.25) is 0 Å². The number of anilines is 3. The molecule has 0 bridgehead atoms. The smallest absolute Gasteiger partial charge is 0.143 e. The Morgan fingerprint density at radius 3 is 1.67 bits per heavy atom. The Morgan fingerprint density at radius 1 is 0.362 bits per heavy atom. The average Bonchev–Trinajstić information content (AvgIpc) is 3.75. The molecule has 1 heterocycles. The van der Waals surface area contributed by atoms with Gasteiger partial charge in [-0.15, -0.1) is 0 Å². The van der Waals surface area contributed by atoms with Crippen LogP contribution in [0.15, 0.2) is 229 Å². The molecule has 0 aliphatic heterocycles. The van der Waals surface area contributed by atoms with Crippen molar-refractivity contribution in [3.05, 3.63) is 224 Å². The average molecular weight is 748 g/mol. The number of hydrogen-bond donors (Lipinski definition) is 0. The highest BCUT2D eigenvalue weighted by Gasteiger charge is 2.21. The minimum atomic E-state index is -0.426. The first kappa shape index (κ1) is 26.2. The Balaban J connectivity index is 1.20. The molecule has 0 radical (unpaired) electrons. The summed E-state index contributed by atoms with van der Waals surface area (Å²) >= 11 is 0. The van der Waals surface area contributed by atoms with Crippen LogP contribution >= 0.6 is 0 Å². The molecule has 0 N–H and O–H groups in total. The molecule has 2 heteroatoms. The third-order valence-electron chi connectivity index (χ3n) is 10.8. The van der Waals surface area contributed by atoms with Crippen LogP contribution in [0, 0.1) is 0 Å². The van der Waals surface area contributed by atoms with Gasteiger partial charge < -0.3 is 9.32 Å². The molecule has 272 valence electrons. The highest BCUT2D eigenvalue weighted by atomic mass is 16.3. The van der Waals surface area contributed by atoms with Gasteiger partial charge in [-0.2, -0.15) is 0 Å². The predicted molar refractivity (Wildman–Crippen MR) is 245 cm³/mol. The number of fused-ring (bicyclic) bond motifs is 6. The summed E-state index contributed by atoms with van der Waals surface area (Å²) in [5.41, 5.74) is 5.73. The van der Waals surface area contributed by atoms with Crippen LogP contribution in [0.25, 0.3) is 88.0 Å². The Hall–Kier alpha value is -7.68. The van der Waals surface area contributed by atoms with E-state index in [0.29, 0.717) is 38.8 Å². The molecule has 10 aromatic carbocycles. The van der Waals surface area contributed by atoms with Gasteiger partial charge in [-0.05, 0) is 109 Å². The van der Waals surface area contributed by atoms with Crippen LogP contribution in [0.3, 0.4) is 0 Å². The highest BCUT2D eigenvalue weighted by molar-refractivity contribution is 6.19. The van der Waals surface area contributed by atoms with E-state index in [2.05, 4.69) is 0 Å². The molecule has 0 aliphatic carbocycles. The summed E-state index contributed by atoms with van der Waals surface area (Å²) < 4.78 is 84.2. The zero-order chi connectivity index (χ0) is 45.4. The second kappa shape index (κ2) is 14.1. The zero-order valence-corrected chi connectivity index (χ0v) is 31.1. The minimum absolute atomic E-state index is 0.0785. The van der Waals surface area contributed by atoms with Crippen LogP contribution in [0.4, 0.5) is 17.1 Å². The molecular formula is C56H37NO. The summed E-state index contributed by atoms with van der Waals surface area (Å²) in [5, 5.41) is 4.67. The first-order chi connectivity index (χ1) is 32.1. The summed E-state index contributed by atoms with van der Waals surface area (Å²) in [6.07, 6.45) is 0. The molecule has 11 rings (SSSR count). The summed E-state index contributed by atoms with van der Waals surface area (Å²) in [5.74, 6) is 0. The fourth-order valence-electron chi connectivity index (χ4n) is 8.06. The maximum Gasteiger partial charge on any atom is 0.143 e. The Labute approximate surface area is 348 Å². The van der Waals surface area contributed by atoms with E-state index in [9.17, 15) is 11.0 Å². The lowest BCUT2D eigenvalue weighted by molar-refractivity contribution is 0.672. The highest BCUT2D eigenvalue weighted by Crippen LogP contribution is 2.45. The van der Waals surface area contributed by atoms with Gasteiger partial charge >= 0.3 is 0 Å². The molecule has 0 unspecified atom stereocenters. The second-order valence-electron chi connectivity index (χ2n) is 14.2. The minimum Gasteiger partial charge on any atom is -0.455 e. The quantitative estimate of drug-likeness (QED) is 0.161. The van der Waals surface area contributed by atoms with Crippen LogP contribution < -0.4 is 4.90 Å². The molecule has 0 fully saturated rings. The van der Waals surface area contributed by atoms with Crippen molar-refractivity contribution in [1.82, 2.24) is 0 Å². The van der Waals surface area contributed by atoms with Crippen molar-refractivity contribution < 1.29 is 15.4 Å². The largest absolute Gasteiger partial charge is 0.455 e. The lowest BCUT2D eigenvalue weighted by atomic mass is 9.91. The van der Waals surface area contributed by atoms with Crippen molar-refractivity contribution in [1.29, 1.82) is 0 Å². The van der Waals surface area contributed by atoms with E-state index in [1.807, 2.05) is 152 Å². The Bertz CT molecular complexity index is 3690. The monoisotopic (exact) mass is 747 g/mol. The molecule has 11 aromatic rings. The zero-order valence-electron chi connectivity index (χ0n) is 39.1. The van der Waals surface area contributed by atoms with Gasteiger partial charge in [0.05, 0.1) is 22.0 Å². The standard InChI is InChI=1S/C56H37NO/c1-3-13-39(14-4-1)49-35-30-44(37-52(49)41-15-5-2-6-16-41)38-25-31-45(32-26-38)57(46-33-27-43(28-34-46)48-22-11-19-40-17-7-9-20-47(40)48)53-23-12-24-54-55(53)51-36-29-42-18-8-10-21-50(42)56(51)58-54/h1-37H/i25D,26D,27D,28D,31D,32D,33D,34D. The fraction of sp³-hybridized carbons (Fsp3) is 0. The number of benzene rings is 10. The van der Waals surface area contributed by atoms with Crippen molar-refractivity contribution in [3.63, 3.8) is 0 Å². The Morgan fingerprint density at radius 2 is 0.948 bits per heavy atom. The molecule has 0 amide bonds. The van der Waals surface area contributed by atoms with Crippen molar-refractivity contribution >= 4 is 60.5 Å². The van der Waals surface area contributed by atoms with Crippen LogP contribution in [0.1, 0.15) is 11.0 Å². The third-order valence-corrected chi connectivity index (χ3v) is 10.8. The van der Waals surface area contributed by atoms with E-state index in [4.69, 9.17) is 4.42 Å². The van der Waals surface area contributed by atoms with Crippen LogP contribution in [0.5, 0.6) is 0 Å².